The number of hydrogen-bond acceptors (Lipinski definition) is 1. The molecule has 0 radical (unpaired) electrons. The minimum absolute atomic E-state index is 0.143. The van der Waals surface area contributed by atoms with Gasteiger partial charge in [-0.25, -0.2) is 0 Å². The molecule has 1 aliphatic rings. The number of rotatable bonds is 1. The van der Waals surface area contributed by atoms with Gasteiger partial charge in [0.1, 0.15) is 0 Å². The van der Waals surface area contributed by atoms with Crippen molar-refractivity contribution in [1.82, 2.24) is 4.90 Å². The number of amides is 1. The van der Waals surface area contributed by atoms with Crippen LogP contribution in [0.5, 0.6) is 0 Å². The number of nitrogens with zero attached hydrogens (tertiary/aromatic N) is 1. The van der Waals surface area contributed by atoms with E-state index >= 15 is 0 Å². The number of carbonyl (C=O) groups excluding carboxylic acids is 1. The van der Waals surface area contributed by atoms with Crippen LogP contribution in [0.4, 0.5) is 0 Å². The van der Waals surface area contributed by atoms with Gasteiger partial charge in [0.05, 0.1) is 0 Å². The molecule has 0 aliphatic heterocycles. The summed E-state index contributed by atoms with van der Waals surface area (Å²) in [7, 11) is 1.92. The quantitative estimate of drug-likeness (QED) is 0.589. The highest BCUT2D eigenvalue weighted by Gasteiger charge is 2.32. The monoisotopic (exact) mass is 169 g/mol. The van der Waals surface area contributed by atoms with E-state index in [1.54, 1.807) is 6.92 Å². The summed E-state index contributed by atoms with van der Waals surface area (Å²) in [6, 6.07) is 0. The molecule has 1 amide bonds. The smallest absolute Gasteiger partial charge is 0.219 e. The fourth-order valence-electron chi connectivity index (χ4n) is 2.03. The maximum Gasteiger partial charge on any atom is 0.219 e. The Morgan fingerprint density at radius 3 is 2.17 bits per heavy atom. The van der Waals surface area contributed by atoms with Gasteiger partial charge >= 0.3 is 0 Å². The summed E-state index contributed by atoms with van der Waals surface area (Å²) in [6.07, 6.45) is 6.22. The van der Waals surface area contributed by atoms with Crippen LogP contribution in [0.3, 0.4) is 0 Å². The van der Waals surface area contributed by atoms with Crippen LogP contribution in [0, 0.1) is 0 Å². The van der Waals surface area contributed by atoms with E-state index in [9.17, 15) is 4.79 Å². The average molecular weight is 169 g/mol. The fourth-order valence-corrected chi connectivity index (χ4v) is 2.03. The first-order chi connectivity index (χ1) is 5.56. The van der Waals surface area contributed by atoms with Gasteiger partial charge in [0.2, 0.25) is 5.91 Å². The van der Waals surface area contributed by atoms with E-state index < -0.39 is 0 Å². The number of carbonyl (C=O) groups is 1. The zero-order chi connectivity index (χ0) is 9.19. The molecule has 70 valence electrons. The second kappa shape index (κ2) is 3.46. The van der Waals surface area contributed by atoms with Crippen molar-refractivity contribution >= 4 is 5.91 Å². The molecule has 0 aromatic heterocycles. The van der Waals surface area contributed by atoms with E-state index in [1.165, 1.54) is 32.1 Å². The first-order valence-corrected chi connectivity index (χ1v) is 4.81. The summed E-state index contributed by atoms with van der Waals surface area (Å²) in [5, 5.41) is 0. The molecule has 1 saturated carbocycles. The number of hydrogen-bond donors (Lipinski definition) is 0. The van der Waals surface area contributed by atoms with Gasteiger partial charge in [-0.2, -0.15) is 0 Å². The van der Waals surface area contributed by atoms with Crippen molar-refractivity contribution in [3.8, 4) is 0 Å². The molecular formula is C10H19NO. The van der Waals surface area contributed by atoms with Crippen LogP contribution in [0.1, 0.15) is 46.0 Å². The lowest BCUT2D eigenvalue weighted by Crippen LogP contribution is -2.47. The third kappa shape index (κ3) is 1.79. The van der Waals surface area contributed by atoms with Crippen LogP contribution in [0.25, 0.3) is 0 Å². The van der Waals surface area contributed by atoms with Gasteiger partial charge < -0.3 is 4.90 Å². The molecule has 1 fully saturated rings. The summed E-state index contributed by atoms with van der Waals surface area (Å²) < 4.78 is 0. The standard InChI is InChI=1S/C10H19NO/c1-9(12)11(3)10(2)7-5-4-6-8-10/h4-8H2,1-3H3. The Labute approximate surface area is 74.9 Å². The Kier molecular flexibility index (Phi) is 2.76. The van der Waals surface area contributed by atoms with Crippen molar-refractivity contribution in [2.24, 2.45) is 0 Å². The van der Waals surface area contributed by atoms with Crippen molar-refractivity contribution in [3.05, 3.63) is 0 Å². The van der Waals surface area contributed by atoms with E-state index in [4.69, 9.17) is 0 Å². The molecule has 1 aliphatic carbocycles. The van der Waals surface area contributed by atoms with Gasteiger partial charge in [0, 0.05) is 19.5 Å². The highest BCUT2D eigenvalue weighted by atomic mass is 16.2. The van der Waals surface area contributed by atoms with Gasteiger partial charge in [0.15, 0.2) is 0 Å². The van der Waals surface area contributed by atoms with Gasteiger partial charge in [-0.3, -0.25) is 4.79 Å². The molecule has 0 atom stereocenters. The zero-order valence-corrected chi connectivity index (χ0v) is 8.39. The Morgan fingerprint density at radius 2 is 1.75 bits per heavy atom. The molecule has 0 aromatic rings. The summed E-state index contributed by atoms with van der Waals surface area (Å²) in [5.74, 6) is 0.194. The molecule has 0 N–H and O–H groups in total. The normalized spacial score (nSPS) is 21.9. The lowest BCUT2D eigenvalue weighted by atomic mass is 9.82. The first kappa shape index (κ1) is 9.56. The summed E-state index contributed by atoms with van der Waals surface area (Å²) in [5.41, 5.74) is 0.143. The largest absolute Gasteiger partial charge is 0.341 e. The second-order valence-electron chi connectivity index (χ2n) is 4.14. The topological polar surface area (TPSA) is 20.3 Å². The van der Waals surface area contributed by atoms with Crippen molar-refractivity contribution < 1.29 is 4.79 Å². The second-order valence-corrected chi connectivity index (χ2v) is 4.14. The first-order valence-electron chi connectivity index (χ1n) is 4.81. The average Bonchev–Trinajstić information content (AvgIpc) is 2.04. The summed E-state index contributed by atoms with van der Waals surface area (Å²) in [4.78, 5) is 13.1. The Bertz CT molecular complexity index is 171. The van der Waals surface area contributed by atoms with Crippen LogP contribution in [-0.4, -0.2) is 23.4 Å². The molecule has 12 heavy (non-hydrogen) atoms. The molecule has 0 aromatic carbocycles. The molecule has 2 heteroatoms. The van der Waals surface area contributed by atoms with E-state index in [0.717, 1.165) is 0 Å². The van der Waals surface area contributed by atoms with Crippen LogP contribution in [0.15, 0.2) is 0 Å². The van der Waals surface area contributed by atoms with Crippen LogP contribution < -0.4 is 0 Å². The molecular weight excluding hydrogens is 150 g/mol. The van der Waals surface area contributed by atoms with Crippen molar-refractivity contribution in [2.75, 3.05) is 7.05 Å². The maximum atomic E-state index is 11.2. The van der Waals surface area contributed by atoms with E-state index in [2.05, 4.69) is 6.92 Å². The van der Waals surface area contributed by atoms with Crippen molar-refractivity contribution in [1.29, 1.82) is 0 Å². The maximum absolute atomic E-state index is 11.2. The molecule has 0 heterocycles. The predicted molar refractivity (Wildman–Crippen MR) is 49.9 cm³/mol. The molecule has 1 rings (SSSR count). The Balaban J connectivity index is 2.62. The van der Waals surface area contributed by atoms with Crippen molar-refractivity contribution in [2.45, 2.75) is 51.5 Å². The minimum Gasteiger partial charge on any atom is -0.341 e. The van der Waals surface area contributed by atoms with Gasteiger partial charge in [-0.1, -0.05) is 19.3 Å². The van der Waals surface area contributed by atoms with E-state index in [-0.39, 0.29) is 11.4 Å². The Morgan fingerprint density at radius 1 is 1.25 bits per heavy atom. The van der Waals surface area contributed by atoms with Crippen molar-refractivity contribution in [3.63, 3.8) is 0 Å². The molecule has 0 unspecified atom stereocenters. The molecule has 0 spiro atoms. The highest BCUT2D eigenvalue weighted by Crippen LogP contribution is 2.32. The fraction of sp³-hybridized carbons (Fsp3) is 0.900. The van der Waals surface area contributed by atoms with Gasteiger partial charge in [-0.15, -0.1) is 0 Å². The third-order valence-corrected chi connectivity index (χ3v) is 3.21. The molecule has 2 nitrogen and oxygen atoms in total. The predicted octanol–water partition coefficient (Wildman–Crippen LogP) is 2.19. The SMILES string of the molecule is CC(=O)N(C)C1(C)CCCCC1. The van der Waals surface area contributed by atoms with Crippen LogP contribution in [0.2, 0.25) is 0 Å². The van der Waals surface area contributed by atoms with Gasteiger partial charge in [-0.05, 0) is 19.8 Å². The van der Waals surface area contributed by atoms with E-state index in [0.29, 0.717) is 0 Å². The van der Waals surface area contributed by atoms with Crippen LogP contribution in [-0.2, 0) is 4.79 Å². The lowest BCUT2D eigenvalue weighted by molar-refractivity contribution is -0.133. The van der Waals surface area contributed by atoms with Gasteiger partial charge in [0.25, 0.3) is 0 Å². The molecule has 0 saturated heterocycles. The summed E-state index contributed by atoms with van der Waals surface area (Å²) in [6.45, 7) is 3.85. The third-order valence-electron chi connectivity index (χ3n) is 3.21. The minimum atomic E-state index is 0.143. The molecule has 0 bridgehead atoms. The van der Waals surface area contributed by atoms with E-state index in [1.807, 2.05) is 11.9 Å². The summed E-state index contributed by atoms with van der Waals surface area (Å²) >= 11 is 0. The van der Waals surface area contributed by atoms with Crippen LogP contribution >= 0.6 is 0 Å². The highest BCUT2D eigenvalue weighted by molar-refractivity contribution is 5.73. The zero-order valence-electron chi connectivity index (χ0n) is 8.39. The lowest BCUT2D eigenvalue weighted by Gasteiger charge is -2.41. The Hall–Kier alpha value is -0.530.